The number of nitriles is 1. The molecule has 0 aliphatic carbocycles. The number of nitrogens with two attached hydrogens (primary N) is 1. The Bertz CT molecular complexity index is 638. The van der Waals surface area contributed by atoms with Gasteiger partial charge in [-0.3, -0.25) is 0 Å². The van der Waals surface area contributed by atoms with Crippen molar-refractivity contribution in [2.75, 3.05) is 32.0 Å². The Morgan fingerprint density at radius 1 is 1.58 bits per heavy atom. The Kier molecular flexibility index (Phi) is 5.41. The highest BCUT2D eigenvalue weighted by Crippen LogP contribution is 2.16. The Morgan fingerprint density at radius 3 is 3.00 bits per heavy atom. The van der Waals surface area contributed by atoms with Gasteiger partial charge in [-0.15, -0.1) is 0 Å². The van der Waals surface area contributed by atoms with Gasteiger partial charge in [-0.05, 0) is 20.8 Å². The van der Waals surface area contributed by atoms with E-state index in [2.05, 4.69) is 9.97 Å². The Hall–Kier alpha value is -2.60. The van der Waals surface area contributed by atoms with Gasteiger partial charge in [-0.2, -0.15) is 10.2 Å². The van der Waals surface area contributed by atoms with Gasteiger partial charge in [-0.25, -0.2) is 9.78 Å². The van der Waals surface area contributed by atoms with Crippen molar-refractivity contribution in [2.45, 2.75) is 32.5 Å². The second-order valence-corrected chi connectivity index (χ2v) is 6.29. The molecule has 1 aromatic heterocycles. The lowest BCUT2D eigenvalue weighted by molar-refractivity contribution is -0.0562. The molecule has 0 radical (unpaired) electrons. The number of amides is 1. The zero-order valence-corrected chi connectivity index (χ0v) is 14.0. The highest BCUT2D eigenvalue weighted by Gasteiger charge is 2.28. The average molecular weight is 335 g/mol. The highest BCUT2D eigenvalue weighted by molar-refractivity contribution is 5.68. The van der Waals surface area contributed by atoms with Crippen LogP contribution in [0.5, 0.6) is 5.88 Å². The fourth-order valence-corrected chi connectivity index (χ4v) is 2.05. The Morgan fingerprint density at radius 2 is 2.33 bits per heavy atom. The van der Waals surface area contributed by atoms with Crippen molar-refractivity contribution in [3.63, 3.8) is 0 Å². The molecule has 1 fully saturated rings. The third-order valence-electron chi connectivity index (χ3n) is 3.06. The van der Waals surface area contributed by atoms with Crippen LogP contribution < -0.4 is 10.5 Å². The molecule has 1 amide bonds. The van der Waals surface area contributed by atoms with E-state index in [-0.39, 0.29) is 30.1 Å². The second-order valence-electron chi connectivity index (χ2n) is 6.29. The minimum absolute atomic E-state index is 0.0454. The number of hydrogen-bond donors (Lipinski definition) is 1. The van der Waals surface area contributed by atoms with Crippen molar-refractivity contribution in [3.8, 4) is 11.9 Å². The molecule has 1 atom stereocenters. The summed E-state index contributed by atoms with van der Waals surface area (Å²) in [6, 6.07) is 1.88. The lowest BCUT2D eigenvalue weighted by Crippen LogP contribution is -2.49. The van der Waals surface area contributed by atoms with Gasteiger partial charge in [0.15, 0.2) is 0 Å². The lowest BCUT2D eigenvalue weighted by atomic mass is 10.2. The van der Waals surface area contributed by atoms with E-state index in [1.165, 1.54) is 6.20 Å². The van der Waals surface area contributed by atoms with E-state index in [9.17, 15) is 4.79 Å². The van der Waals surface area contributed by atoms with Gasteiger partial charge in [0.1, 0.15) is 30.2 Å². The minimum Gasteiger partial charge on any atom is -0.473 e. The smallest absolute Gasteiger partial charge is 0.410 e. The third kappa shape index (κ3) is 4.96. The van der Waals surface area contributed by atoms with E-state index in [1.54, 1.807) is 4.90 Å². The molecule has 2 heterocycles. The summed E-state index contributed by atoms with van der Waals surface area (Å²) in [7, 11) is 0. The van der Waals surface area contributed by atoms with E-state index >= 15 is 0 Å². The molecule has 0 aromatic carbocycles. The molecule has 9 heteroatoms. The number of morpholine rings is 1. The van der Waals surface area contributed by atoms with Crippen LogP contribution in [0.25, 0.3) is 0 Å². The molecule has 130 valence electrons. The second kappa shape index (κ2) is 7.31. The van der Waals surface area contributed by atoms with Gasteiger partial charge in [0, 0.05) is 6.54 Å². The first-order valence-electron chi connectivity index (χ1n) is 7.53. The van der Waals surface area contributed by atoms with Crippen LogP contribution in [0.1, 0.15) is 26.5 Å². The molecule has 2 rings (SSSR count). The average Bonchev–Trinajstić information content (AvgIpc) is 2.52. The number of ether oxygens (including phenoxy) is 3. The predicted molar refractivity (Wildman–Crippen MR) is 84.2 cm³/mol. The van der Waals surface area contributed by atoms with E-state index in [0.717, 1.165) is 0 Å². The molecule has 0 saturated carbocycles. The van der Waals surface area contributed by atoms with Gasteiger partial charge < -0.3 is 24.8 Å². The van der Waals surface area contributed by atoms with Crippen LogP contribution >= 0.6 is 0 Å². The van der Waals surface area contributed by atoms with Crippen molar-refractivity contribution in [1.29, 1.82) is 5.26 Å². The summed E-state index contributed by atoms with van der Waals surface area (Å²) in [6.45, 7) is 6.71. The van der Waals surface area contributed by atoms with Crippen LogP contribution in [0, 0.1) is 11.3 Å². The van der Waals surface area contributed by atoms with Crippen molar-refractivity contribution >= 4 is 11.9 Å². The maximum atomic E-state index is 12.1. The van der Waals surface area contributed by atoms with Crippen molar-refractivity contribution in [1.82, 2.24) is 14.9 Å². The number of aromatic nitrogens is 2. The zero-order valence-electron chi connectivity index (χ0n) is 14.0. The van der Waals surface area contributed by atoms with Crippen LogP contribution in [-0.2, 0) is 9.47 Å². The van der Waals surface area contributed by atoms with Crippen LogP contribution in [0.3, 0.4) is 0 Å². The monoisotopic (exact) mass is 335 g/mol. The van der Waals surface area contributed by atoms with E-state index in [4.69, 9.17) is 25.2 Å². The summed E-state index contributed by atoms with van der Waals surface area (Å²) in [5.74, 6) is 0.208. The number of carbonyl (C=O) groups excluding carboxylic acids is 1. The summed E-state index contributed by atoms with van der Waals surface area (Å²) in [4.78, 5) is 21.5. The van der Waals surface area contributed by atoms with Crippen molar-refractivity contribution in [3.05, 3.63) is 11.9 Å². The topological polar surface area (TPSA) is 124 Å². The third-order valence-corrected chi connectivity index (χ3v) is 3.06. The number of carbonyl (C=O) groups is 1. The fourth-order valence-electron chi connectivity index (χ4n) is 2.05. The number of hydrogen-bond acceptors (Lipinski definition) is 8. The standard InChI is InChI=1S/C15H21N5O4/c1-15(2,3)24-14(21)20-4-5-22-10(8-20)9-23-13-11(6-16)18-7-12(17)19-13/h7,10H,4-5,8-9H2,1-3H3,(H2,17,19)/t10-/m1/s1. The normalized spacial score (nSPS) is 17.9. The molecule has 9 nitrogen and oxygen atoms in total. The van der Waals surface area contributed by atoms with E-state index in [0.29, 0.717) is 19.7 Å². The number of anilines is 1. The SMILES string of the molecule is CC(C)(C)OC(=O)N1CCO[C@@H](COc2nc(N)cnc2C#N)C1. The zero-order chi connectivity index (χ0) is 17.7. The molecular weight excluding hydrogens is 314 g/mol. The van der Waals surface area contributed by atoms with Gasteiger partial charge in [0.05, 0.1) is 19.3 Å². The molecule has 1 aliphatic heterocycles. The minimum atomic E-state index is -0.555. The summed E-state index contributed by atoms with van der Waals surface area (Å²) in [5.41, 5.74) is 5.04. The molecule has 24 heavy (non-hydrogen) atoms. The van der Waals surface area contributed by atoms with Gasteiger partial charge in [-0.1, -0.05) is 0 Å². The predicted octanol–water partition coefficient (Wildman–Crippen LogP) is 0.945. The van der Waals surface area contributed by atoms with Gasteiger partial charge >= 0.3 is 6.09 Å². The Balaban J connectivity index is 1.93. The van der Waals surface area contributed by atoms with Crippen molar-refractivity contribution < 1.29 is 19.0 Å². The molecule has 1 aromatic rings. The van der Waals surface area contributed by atoms with Crippen LogP contribution in [0.15, 0.2) is 6.20 Å². The number of rotatable bonds is 3. The maximum Gasteiger partial charge on any atom is 0.410 e. The summed E-state index contributed by atoms with van der Waals surface area (Å²) < 4.78 is 16.4. The first-order chi connectivity index (χ1) is 11.3. The fraction of sp³-hybridized carbons (Fsp3) is 0.600. The molecule has 1 saturated heterocycles. The summed E-state index contributed by atoms with van der Waals surface area (Å²) in [5, 5.41) is 9.00. The maximum absolute atomic E-state index is 12.1. The molecule has 2 N–H and O–H groups in total. The van der Waals surface area contributed by atoms with Crippen LogP contribution in [0.2, 0.25) is 0 Å². The molecular formula is C15H21N5O4. The molecule has 1 aliphatic rings. The van der Waals surface area contributed by atoms with Gasteiger partial charge in [0.2, 0.25) is 5.69 Å². The summed E-state index contributed by atoms with van der Waals surface area (Å²) in [6.07, 6.45) is 0.533. The van der Waals surface area contributed by atoms with E-state index in [1.807, 2.05) is 26.8 Å². The van der Waals surface area contributed by atoms with Crippen LogP contribution in [0.4, 0.5) is 10.6 Å². The number of nitrogen functional groups attached to an aromatic ring is 1. The molecule has 0 bridgehead atoms. The van der Waals surface area contributed by atoms with Gasteiger partial charge in [0.25, 0.3) is 5.88 Å². The largest absolute Gasteiger partial charge is 0.473 e. The molecule has 0 spiro atoms. The van der Waals surface area contributed by atoms with Crippen LogP contribution in [-0.4, -0.2) is 59.0 Å². The molecule has 0 unspecified atom stereocenters. The first-order valence-corrected chi connectivity index (χ1v) is 7.53. The number of nitrogens with zero attached hydrogens (tertiary/aromatic N) is 4. The Labute approximate surface area is 140 Å². The first kappa shape index (κ1) is 17.7. The highest BCUT2D eigenvalue weighted by atomic mass is 16.6. The van der Waals surface area contributed by atoms with Crippen molar-refractivity contribution in [2.24, 2.45) is 0 Å². The summed E-state index contributed by atoms with van der Waals surface area (Å²) >= 11 is 0. The van der Waals surface area contributed by atoms with E-state index < -0.39 is 11.7 Å². The lowest BCUT2D eigenvalue weighted by Gasteiger charge is -2.34. The quantitative estimate of drug-likeness (QED) is 0.865.